The minimum Gasteiger partial charge on any atom is -0.458 e. The fraction of sp³-hybridized carbons (Fsp3) is 0.500. The van der Waals surface area contributed by atoms with E-state index in [9.17, 15) is 14.7 Å². The molecule has 3 fully saturated rings. The van der Waals surface area contributed by atoms with Crippen LogP contribution < -0.4 is 0 Å². The van der Waals surface area contributed by atoms with Crippen LogP contribution in [0.5, 0.6) is 0 Å². The molecule has 0 spiro atoms. The Hall–Kier alpha value is -2.18. The molecule has 0 aromatic carbocycles. The van der Waals surface area contributed by atoms with E-state index in [0.29, 0.717) is 16.7 Å². The number of rotatable bonds is 2. The first-order valence-electron chi connectivity index (χ1n) is 8.63. The summed E-state index contributed by atoms with van der Waals surface area (Å²) in [6, 6.07) is 0. The van der Waals surface area contributed by atoms with E-state index in [1.165, 1.54) is 0 Å². The molecule has 0 radical (unpaired) electrons. The number of aliphatic hydroxyl groups is 1. The summed E-state index contributed by atoms with van der Waals surface area (Å²) in [5.74, 6) is -3.05. The van der Waals surface area contributed by atoms with E-state index in [1.54, 1.807) is 19.9 Å². The lowest BCUT2D eigenvalue weighted by Gasteiger charge is -2.29. The Balaban J connectivity index is 2.00. The lowest BCUT2D eigenvalue weighted by molar-refractivity contribution is -0.209. The van der Waals surface area contributed by atoms with E-state index in [4.69, 9.17) is 14.2 Å². The van der Waals surface area contributed by atoms with Gasteiger partial charge in [-0.25, -0.2) is 9.59 Å². The van der Waals surface area contributed by atoms with Crippen LogP contribution in [-0.4, -0.2) is 41.1 Å². The summed E-state index contributed by atoms with van der Waals surface area (Å²) in [7, 11) is 0. The average molecular weight is 360 g/mol. The molecule has 3 heterocycles. The van der Waals surface area contributed by atoms with Gasteiger partial charge in [-0.2, -0.15) is 0 Å². The molecule has 0 aromatic rings. The highest BCUT2D eigenvalue weighted by atomic mass is 16.7. The number of esters is 2. The number of hydrogen-bond donors (Lipinski definition) is 1. The third-order valence-electron chi connectivity index (χ3n) is 5.24. The summed E-state index contributed by atoms with van der Waals surface area (Å²) >= 11 is 0. The molecule has 0 amide bonds. The average Bonchev–Trinajstić information content (AvgIpc) is 3.02. The van der Waals surface area contributed by atoms with Crippen molar-refractivity contribution in [1.82, 2.24) is 0 Å². The van der Waals surface area contributed by atoms with Crippen molar-refractivity contribution in [3.05, 3.63) is 48.1 Å². The molecule has 0 aliphatic carbocycles. The molecule has 3 aliphatic rings. The summed E-state index contributed by atoms with van der Waals surface area (Å²) in [6.07, 6.45) is 0.266. The second kappa shape index (κ2) is 6.52. The van der Waals surface area contributed by atoms with Crippen molar-refractivity contribution in [2.45, 2.75) is 57.2 Å². The van der Waals surface area contributed by atoms with Gasteiger partial charge in [0.25, 0.3) is 0 Å². The maximum Gasteiger partial charge on any atom is 0.334 e. The topological polar surface area (TPSA) is 82.1 Å². The van der Waals surface area contributed by atoms with Crippen LogP contribution in [0.4, 0.5) is 0 Å². The van der Waals surface area contributed by atoms with Gasteiger partial charge < -0.3 is 19.3 Å². The molecule has 1 N–H and O–H groups in total. The number of carbonyl (C=O) groups excluding carboxylic acids is 2. The Labute approximate surface area is 152 Å². The number of carbonyl (C=O) groups is 2. The highest BCUT2D eigenvalue weighted by molar-refractivity contribution is 5.91. The minimum atomic E-state index is -1.43. The number of allylic oxidation sites excluding steroid dienone is 1. The predicted octanol–water partition coefficient (Wildman–Crippen LogP) is 2.35. The Morgan fingerprint density at radius 3 is 2.69 bits per heavy atom. The third-order valence-corrected chi connectivity index (χ3v) is 5.24. The molecule has 5 atom stereocenters. The second-order valence-corrected chi connectivity index (χ2v) is 7.29. The largest absolute Gasteiger partial charge is 0.458 e. The van der Waals surface area contributed by atoms with Crippen LogP contribution in [-0.2, 0) is 23.8 Å². The second-order valence-electron chi connectivity index (χ2n) is 7.29. The summed E-state index contributed by atoms with van der Waals surface area (Å²) in [6.45, 7) is 15.2. The molecule has 6 heteroatoms. The van der Waals surface area contributed by atoms with Crippen molar-refractivity contribution in [1.29, 1.82) is 0 Å². The zero-order valence-corrected chi connectivity index (χ0v) is 15.1. The molecule has 3 aliphatic heterocycles. The Bertz CT molecular complexity index is 733. The lowest BCUT2D eigenvalue weighted by Crippen LogP contribution is -2.40. The van der Waals surface area contributed by atoms with Crippen molar-refractivity contribution >= 4 is 11.9 Å². The molecule has 0 aromatic heterocycles. The van der Waals surface area contributed by atoms with Crippen LogP contribution in [0.25, 0.3) is 0 Å². The van der Waals surface area contributed by atoms with Gasteiger partial charge in [0.2, 0.25) is 0 Å². The van der Waals surface area contributed by atoms with E-state index >= 15 is 0 Å². The maximum absolute atomic E-state index is 12.3. The Kier molecular flexibility index (Phi) is 4.67. The summed E-state index contributed by atoms with van der Waals surface area (Å²) in [5.41, 5.74) is 1.98. The third kappa shape index (κ3) is 3.15. The molecular formula is C20H24O6. The normalized spacial score (nSPS) is 37.6. The zero-order chi connectivity index (χ0) is 19.2. The van der Waals surface area contributed by atoms with Crippen LogP contribution >= 0.6 is 0 Å². The fourth-order valence-corrected chi connectivity index (χ4v) is 3.85. The van der Waals surface area contributed by atoms with E-state index in [0.717, 1.165) is 0 Å². The van der Waals surface area contributed by atoms with Crippen molar-refractivity contribution in [3.63, 3.8) is 0 Å². The van der Waals surface area contributed by atoms with Gasteiger partial charge in [0.05, 0.1) is 5.92 Å². The molecule has 0 saturated carbocycles. The van der Waals surface area contributed by atoms with Gasteiger partial charge in [0.15, 0.2) is 5.79 Å². The van der Waals surface area contributed by atoms with Crippen LogP contribution in [0.1, 0.15) is 33.1 Å². The van der Waals surface area contributed by atoms with Gasteiger partial charge in [-0.05, 0) is 19.4 Å². The Morgan fingerprint density at radius 2 is 2.04 bits per heavy atom. The molecule has 6 nitrogen and oxygen atoms in total. The van der Waals surface area contributed by atoms with Gasteiger partial charge in [-0.3, -0.25) is 0 Å². The molecule has 3 rings (SSSR count). The van der Waals surface area contributed by atoms with Gasteiger partial charge in [-0.15, -0.1) is 0 Å². The van der Waals surface area contributed by atoms with Crippen LogP contribution in [0.2, 0.25) is 0 Å². The van der Waals surface area contributed by atoms with Gasteiger partial charge in [-0.1, -0.05) is 31.4 Å². The van der Waals surface area contributed by atoms with Crippen LogP contribution in [0, 0.1) is 5.92 Å². The summed E-state index contributed by atoms with van der Waals surface area (Å²) < 4.78 is 17.0. The van der Waals surface area contributed by atoms with E-state index in [1.807, 2.05) is 0 Å². The van der Waals surface area contributed by atoms with Crippen molar-refractivity contribution < 1.29 is 28.9 Å². The number of fused-ring (bicyclic) bond motifs is 4. The summed E-state index contributed by atoms with van der Waals surface area (Å²) in [4.78, 5) is 24.5. The predicted molar refractivity (Wildman–Crippen MR) is 93.8 cm³/mol. The first kappa shape index (κ1) is 18.6. The zero-order valence-electron chi connectivity index (χ0n) is 15.1. The first-order chi connectivity index (χ1) is 12.1. The standard InChI is InChI=1S/C20H24O6/c1-6-11(3)18(21)24-14-7-10(2)8-20(23)9-12(4)16(26-20)17-15(14)13(5)19(22)25-17/h6,14-17,23H,2,4-5,7-9H2,1,3H3. The van der Waals surface area contributed by atoms with Crippen LogP contribution in [0.3, 0.4) is 0 Å². The number of ether oxygens (including phenoxy) is 3. The smallest absolute Gasteiger partial charge is 0.334 e. The van der Waals surface area contributed by atoms with Crippen molar-refractivity contribution in [3.8, 4) is 0 Å². The first-order valence-corrected chi connectivity index (χ1v) is 8.63. The van der Waals surface area contributed by atoms with Gasteiger partial charge in [0.1, 0.15) is 18.3 Å². The summed E-state index contributed by atoms with van der Waals surface area (Å²) in [5, 5.41) is 10.7. The van der Waals surface area contributed by atoms with E-state index in [-0.39, 0.29) is 24.8 Å². The Morgan fingerprint density at radius 1 is 1.35 bits per heavy atom. The van der Waals surface area contributed by atoms with Crippen molar-refractivity contribution in [2.75, 3.05) is 0 Å². The molecule has 5 unspecified atom stereocenters. The van der Waals surface area contributed by atoms with Crippen molar-refractivity contribution in [2.24, 2.45) is 5.92 Å². The highest BCUT2D eigenvalue weighted by Gasteiger charge is 2.55. The monoisotopic (exact) mass is 360 g/mol. The lowest BCUT2D eigenvalue weighted by atomic mass is 9.82. The highest BCUT2D eigenvalue weighted by Crippen LogP contribution is 2.47. The molecule has 2 bridgehead atoms. The number of hydrogen-bond acceptors (Lipinski definition) is 6. The van der Waals surface area contributed by atoms with Crippen LogP contribution in [0.15, 0.2) is 48.1 Å². The molecule has 140 valence electrons. The van der Waals surface area contributed by atoms with E-state index in [2.05, 4.69) is 19.7 Å². The molecule has 26 heavy (non-hydrogen) atoms. The van der Waals surface area contributed by atoms with Gasteiger partial charge in [0, 0.05) is 30.4 Å². The maximum atomic E-state index is 12.3. The fourth-order valence-electron chi connectivity index (χ4n) is 3.85. The minimum absolute atomic E-state index is 0.193. The quantitative estimate of drug-likeness (QED) is 0.462. The van der Waals surface area contributed by atoms with Gasteiger partial charge >= 0.3 is 11.9 Å². The molecular weight excluding hydrogens is 336 g/mol. The van der Waals surface area contributed by atoms with E-state index < -0.39 is 42.0 Å². The molecule has 3 saturated heterocycles. The SMILES string of the molecule is C=C1CC(OC(=O)C(C)=CC)C2C(=C)C(=O)OC2C2OC(O)(C1)CC2=C.